The minimum Gasteiger partial charge on any atom is -0.332 e. The Balaban J connectivity index is 2.15. The Morgan fingerprint density at radius 3 is 2.27 bits per heavy atom. The summed E-state index contributed by atoms with van der Waals surface area (Å²) < 4.78 is 40.3. The molecule has 0 amide bonds. The fraction of sp³-hybridized carbons (Fsp3) is 0.176. The molecule has 0 bridgehead atoms. The number of thioether (sulfide) groups is 1. The lowest BCUT2D eigenvalue weighted by atomic mass is 10.0. The van der Waals surface area contributed by atoms with Crippen molar-refractivity contribution in [2.45, 2.75) is 19.2 Å². The van der Waals surface area contributed by atoms with Crippen LogP contribution in [0.5, 0.6) is 0 Å². The van der Waals surface area contributed by atoms with Gasteiger partial charge in [0.05, 0.1) is 5.37 Å². The Labute approximate surface area is 131 Å². The molecule has 114 valence electrons. The molecule has 0 saturated carbocycles. The zero-order valence-corrected chi connectivity index (χ0v) is 12.9. The third-order valence-corrected chi connectivity index (χ3v) is 4.72. The molecule has 0 fully saturated rings. The highest BCUT2D eigenvalue weighted by atomic mass is 32.2. The van der Waals surface area contributed by atoms with E-state index in [4.69, 9.17) is 0 Å². The molecule has 0 spiro atoms. The van der Waals surface area contributed by atoms with E-state index in [-0.39, 0.29) is 5.37 Å². The monoisotopic (exact) mass is 321 g/mol. The summed E-state index contributed by atoms with van der Waals surface area (Å²) in [5.74, 6) is -3.80. The topological polar surface area (TPSA) is 3.24 Å². The fourth-order valence-corrected chi connectivity index (χ4v) is 3.54. The first-order valence-electron chi connectivity index (χ1n) is 6.84. The summed E-state index contributed by atoms with van der Waals surface area (Å²) in [6, 6.07) is 9.41. The molecule has 0 aromatic heterocycles. The summed E-state index contributed by atoms with van der Waals surface area (Å²) in [7, 11) is 0. The van der Waals surface area contributed by atoms with Crippen LogP contribution in [0.4, 0.5) is 18.9 Å². The Bertz CT molecular complexity index is 734. The second-order valence-corrected chi connectivity index (χ2v) is 6.33. The highest BCUT2D eigenvalue weighted by Crippen LogP contribution is 2.40. The van der Waals surface area contributed by atoms with E-state index in [1.54, 1.807) is 23.9 Å². The van der Waals surface area contributed by atoms with Gasteiger partial charge in [0.25, 0.3) is 0 Å². The molecule has 2 aromatic carbocycles. The number of allylic oxidation sites excluding steroid dienone is 1. The van der Waals surface area contributed by atoms with E-state index in [0.717, 1.165) is 23.5 Å². The highest BCUT2D eigenvalue weighted by molar-refractivity contribution is 8.03. The van der Waals surface area contributed by atoms with Gasteiger partial charge in [0, 0.05) is 16.9 Å². The highest BCUT2D eigenvalue weighted by Gasteiger charge is 2.24. The van der Waals surface area contributed by atoms with Crippen molar-refractivity contribution >= 4 is 17.4 Å². The van der Waals surface area contributed by atoms with Crippen molar-refractivity contribution in [3.05, 3.63) is 65.0 Å². The summed E-state index contributed by atoms with van der Waals surface area (Å²) in [5, 5.41) is 2.24. The maximum absolute atomic E-state index is 13.5. The molecule has 1 aliphatic rings. The average Bonchev–Trinajstić information content (AvgIpc) is 2.83. The van der Waals surface area contributed by atoms with Crippen LogP contribution in [-0.4, -0.2) is 5.37 Å². The molecule has 3 rings (SSSR count). The van der Waals surface area contributed by atoms with Crippen molar-refractivity contribution in [1.29, 1.82) is 0 Å². The molecule has 1 nitrogen and oxygen atoms in total. The first-order chi connectivity index (χ1) is 10.5. The predicted octanol–water partition coefficient (Wildman–Crippen LogP) is 5.53. The SMILES string of the molecule is CC1=CSC(C)N1c1ccccc1-c1cc(F)c(F)c(F)c1. The summed E-state index contributed by atoms with van der Waals surface area (Å²) in [5.41, 5.74) is 2.90. The lowest BCUT2D eigenvalue weighted by Crippen LogP contribution is -2.24. The van der Waals surface area contributed by atoms with Gasteiger partial charge in [-0.15, -0.1) is 11.8 Å². The lowest BCUT2D eigenvalue weighted by molar-refractivity contribution is 0.448. The Hall–Kier alpha value is -1.88. The van der Waals surface area contributed by atoms with Crippen LogP contribution >= 0.6 is 11.8 Å². The van der Waals surface area contributed by atoms with Crippen molar-refractivity contribution in [1.82, 2.24) is 0 Å². The smallest absolute Gasteiger partial charge is 0.194 e. The van der Waals surface area contributed by atoms with Gasteiger partial charge < -0.3 is 4.90 Å². The van der Waals surface area contributed by atoms with Gasteiger partial charge in [-0.3, -0.25) is 0 Å². The largest absolute Gasteiger partial charge is 0.332 e. The molecular formula is C17H14F3NS. The van der Waals surface area contributed by atoms with Gasteiger partial charge in [0.1, 0.15) is 0 Å². The van der Waals surface area contributed by atoms with Crippen LogP contribution in [0.2, 0.25) is 0 Å². The minimum absolute atomic E-state index is 0.191. The molecule has 22 heavy (non-hydrogen) atoms. The van der Waals surface area contributed by atoms with E-state index in [2.05, 4.69) is 11.8 Å². The lowest BCUT2D eigenvalue weighted by Gasteiger charge is -2.27. The second-order valence-electron chi connectivity index (χ2n) is 5.14. The number of nitrogens with zero attached hydrogens (tertiary/aromatic N) is 1. The Morgan fingerprint density at radius 1 is 1.05 bits per heavy atom. The molecule has 1 atom stereocenters. The van der Waals surface area contributed by atoms with E-state index < -0.39 is 17.5 Å². The van der Waals surface area contributed by atoms with Crippen LogP contribution in [-0.2, 0) is 0 Å². The van der Waals surface area contributed by atoms with Gasteiger partial charge in [-0.1, -0.05) is 18.2 Å². The summed E-state index contributed by atoms with van der Waals surface area (Å²) in [6.07, 6.45) is 0. The minimum atomic E-state index is -1.44. The van der Waals surface area contributed by atoms with E-state index in [0.29, 0.717) is 11.1 Å². The maximum Gasteiger partial charge on any atom is 0.194 e. The molecule has 0 aliphatic carbocycles. The quantitative estimate of drug-likeness (QED) is 0.669. The maximum atomic E-state index is 13.5. The number of hydrogen-bond acceptors (Lipinski definition) is 2. The van der Waals surface area contributed by atoms with Gasteiger partial charge in [-0.25, -0.2) is 13.2 Å². The van der Waals surface area contributed by atoms with Crippen LogP contribution in [0, 0.1) is 17.5 Å². The van der Waals surface area contributed by atoms with Crippen LogP contribution < -0.4 is 4.90 Å². The van der Waals surface area contributed by atoms with Crippen LogP contribution in [0.3, 0.4) is 0 Å². The standard InChI is InChI=1S/C17H14F3NS/c1-10-9-22-11(2)21(10)16-6-4-3-5-13(16)12-7-14(18)17(20)15(19)8-12/h3-9,11H,1-2H3. The van der Waals surface area contributed by atoms with Crippen LogP contribution in [0.15, 0.2) is 47.5 Å². The number of hydrogen-bond donors (Lipinski definition) is 0. The Morgan fingerprint density at radius 2 is 1.68 bits per heavy atom. The zero-order valence-electron chi connectivity index (χ0n) is 12.1. The fourth-order valence-electron chi connectivity index (χ4n) is 2.63. The molecule has 1 aliphatic heterocycles. The number of para-hydroxylation sites is 1. The molecule has 0 saturated heterocycles. The Kier molecular flexibility index (Phi) is 3.91. The first-order valence-corrected chi connectivity index (χ1v) is 7.78. The summed E-state index contributed by atoms with van der Waals surface area (Å²) >= 11 is 1.68. The summed E-state index contributed by atoms with van der Waals surface area (Å²) in [4.78, 5) is 2.10. The number of halogens is 3. The molecule has 0 radical (unpaired) electrons. The van der Waals surface area contributed by atoms with Gasteiger partial charge in [-0.2, -0.15) is 0 Å². The normalized spacial score (nSPS) is 17.8. The van der Waals surface area contributed by atoms with Crippen molar-refractivity contribution < 1.29 is 13.2 Å². The van der Waals surface area contributed by atoms with Gasteiger partial charge in [-0.05, 0) is 43.0 Å². The molecule has 2 aromatic rings. The van der Waals surface area contributed by atoms with E-state index >= 15 is 0 Å². The van der Waals surface area contributed by atoms with Crippen LogP contribution in [0.25, 0.3) is 11.1 Å². The van der Waals surface area contributed by atoms with Gasteiger partial charge >= 0.3 is 0 Å². The third kappa shape index (κ3) is 2.50. The predicted molar refractivity (Wildman–Crippen MR) is 85.0 cm³/mol. The van der Waals surface area contributed by atoms with E-state index in [9.17, 15) is 13.2 Å². The van der Waals surface area contributed by atoms with E-state index in [1.165, 1.54) is 0 Å². The first kappa shape index (κ1) is 15.0. The average molecular weight is 321 g/mol. The number of rotatable bonds is 2. The van der Waals surface area contributed by atoms with Crippen molar-refractivity contribution in [3.8, 4) is 11.1 Å². The van der Waals surface area contributed by atoms with Crippen molar-refractivity contribution in [3.63, 3.8) is 0 Å². The van der Waals surface area contributed by atoms with Crippen molar-refractivity contribution in [2.24, 2.45) is 0 Å². The molecule has 1 heterocycles. The van der Waals surface area contributed by atoms with E-state index in [1.807, 2.05) is 24.5 Å². The molecule has 5 heteroatoms. The van der Waals surface area contributed by atoms with Gasteiger partial charge in [0.2, 0.25) is 0 Å². The summed E-state index contributed by atoms with van der Waals surface area (Å²) in [6.45, 7) is 4.04. The number of anilines is 1. The van der Waals surface area contributed by atoms with Crippen LogP contribution in [0.1, 0.15) is 13.8 Å². The molecular weight excluding hydrogens is 307 g/mol. The molecule has 0 N–H and O–H groups in total. The zero-order chi connectivity index (χ0) is 15.9. The third-order valence-electron chi connectivity index (χ3n) is 3.64. The second kappa shape index (κ2) is 5.72. The van der Waals surface area contributed by atoms with Gasteiger partial charge in [0.15, 0.2) is 17.5 Å². The van der Waals surface area contributed by atoms with Crippen molar-refractivity contribution in [2.75, 3.05) is 4.90 Å². The molecule has 1 unspecified atom stereocenters. The number of benzene rings is 2.